The maximum Gasteiger partial charge on any atom is 0.265 e. The van der Waals surface area contributed by atoms with E-state index in [4.69, 9.17) is 5.73 Å². The van der Waals surface area contributed by atoms with Crippen LogP contribution in [0, 0.1) is 0 Å². The molecule has 1 aromatic heterocycles. The molecule has 0 fully saturated rings. The number of carbonyl (C=O) groups is 2. The molecule has 0 spiro atoms. The summed E-state index contributed by atoms with van der Waals surface area (Å²) in [5.41, 5.74) is 6.49. The molecular weight excluding hydrogens is 362 g/mol. The maximum absolute atomic E-state index is 12.3. The second-order valence-electron chi connectivity index (χ2n) is 5.30. The van der Waals surface area contributed by atoms with Gasteiger partial charge in [-0.1, -0.05) is 19.1 Å². The molecule has 0 saturated carbocycles. The van der Waals surface area contributed by atoms with E-state index in [1.807, 2.05) is 4.72 Å². The highest BCUT2D eigenvalue weighted by Gasteiger charge is 2.22. The lowest BCUT2D eigenvalue weighted by atomic mass is 10.1. The summed E-state index contributed by atoms with van der Waals surface area (Å²) in [4.78, 5) is 23.2. The first kappa shape index (κ1) is 19.1. The van der Waals surface area contributed by atoms with Gasteiger partial charge in [0.05, 0.1) is 0 Å². The Labute approximate surface area is 150 Å². The highest BCUT2D eigenvalue weighted by Crippen LogP contribution is 2.15. The molecule has 0 saturated heterocycles. The molecular formula is C16H19N3O4S2. The Kier molecular flexibility index (Phi) is 5.91. The number of amides is 2. The van der Waals surface area contributed by atoms with Gasteiger partial charge in [-0.15, -0.1) is 0 Å². The summed E-state index contributed by atoms with van der Waals surface area (Å²) in [6.45, 7) is 2.06. The van der Waals surface area contributed by atoms with Gasteiger partial charge >= 0.3 is 0 Å². The van der Waals surface area contributed by atoms with E-state index in [0.717, 1.165) is 23.1 Å². The smallest absolute Gasteiger partial charge is 0.265 e. The predicted molar refractivity (Wildman–Crippen MR) is 96.9 cm³/mol. The van der Waals surface area contributed by atoms with Crippen LogP contribution in [0.25, 0.3) is 0 Å². The second kappa shape index (κ2) is 7.75. The zero-order valence-electron chi connectivity index (χ0n) is 13.9. The molecule has 0 atom stereocenters. The highest BCUT2D eigenvalue weighted by atomic mass is 32.2. The molecule has 1 aromatic carbocycles. The molecule has 0 unspecified atom stereocenters. The molecule has 134 valence electrons. The molecule has 0 aliphatic heterocycles. The van der Waals surface area contributed by atoms with E-state index in [1.165, 1.54) is 17.8 Å². The Balaban J connectivity index is 2.15. The number of carbonyl (C=O) groups excluding carboxylic acids is 2. The third-order valence-corrected chi connectivity index (χ3v) is 5.70. The monoisotopic (exact) mass is 381 g/mol. The summed E-state index contributed by atoms with van der Waals surface area (Å²) in [6, 6.07) is 7.87. The van der Waals surface area contributed by atoms with Gasteiger partial charge in [0.15, 0.2) is 0 Å². The highest BCUT2D eigenvalue weighted by molar-refractivity contribution is 7.98. The molecule has 2 amide bonds. The molecule has 0 radical (unpaired) electrons. The minimum absolute atomic E-state index is 0.0330. The lowest BCUT2D eigenvalue weighted by Gasteiger charge is -2.06. The number of aryl methyl sites for hydroxylation is 1. The van der Waals surface area contributed by atoms with Crippen LogP contribution in [0.3, 0.4) is 0 Å². The average molecular weight is 381 g/mol. The van der Waals surface area contributed by atoms with E-state index in [-0.39, 0.29) is 16.2 Å². The first-order valence-electron chi connectivity index (χ1n) is 7.44. The molecule has 25 heavy (non-hydrogen) atoms. The summed E-state index contributed by atoms with van der Waals surface area (Å²) in [5, 5.41) is 0. The molecule has 7 nitrogen and oxygen atoms in total. The predicted octanol–water partition coefficient (Wildman–Crippen LogP) is 1.50. The number of hydrogen-bond donors (Lipinski definition) is 2. The summed E-state index contributed by atoms with van der Waals surface area (Å²) in [5.74, 6) is 0.330. The van der Waals surface area contributed by atoms with Crippen LogP contribution in [0.2, 0.25) is 0 Å². The van der Waals surface area contributed by atoms with Crippen LogP contribution in [-0.2, 0) is 22.8 Å². The summed E-state index contributed by atoms with van der Waals surface area (Å²) in [7, 11) is -2.61. The van der Waals surface area contributed by atoms with Crippen molar-refractivity contribution in [3.05, 3.63) is 53.3 Å². The number of rotatable bonds is 7. The van der Waals surface area contributed by atoms with Crippen LogP contribution in [0.4, 0.5) is 0 Å². The van der Waals surface area contributed by atoms with Crippen molar-refractivity contribution in [3.8, 4) is 0 Å². The molecule has 0 aliphatic rings. The third kappa shape index (κ3) is 4.64. The van der Waals surface area contributed by atoms with Gasteiger partial charge in [0.25, 0.3) is 21.8 Å². The fraction of sp³-hybridized carbons (Fsp3) is 0.250. The van der Waals surface area contributed by atoms with Crippen molar-refractivity contribution in [1.82, 2.24) is 9.29 Å². The van der Waals surface area contributed by atoms with E-state index in [1.54, 1.807) is 36.0 Å². The molecule has 2 aromatic rings. The topological polar surface area (TPSA) is 111 Å². The normalized spacial score (nSPS) is 11.3. The number of nitrogens with two attached hydrogens (primary N) is 1. The van der Waals surface area contributed by atoms with Crippen molar-refractivity contribution in [2.45, 2.75) is 17.6 Å². The lowest BCUT2D eigenvalue weighted by Crippen LogP contribution is -2.30. The van der Waals surface area contributed by atoms with Crippen LogP contribution in [-0.4, -0.2) is 30.6 Å². The van der Waals surface area contributed by atoms with Crippen molar-refractivity contribution in [2.75, 3.05) is 5.75 Å². The number of primary amides is 1. The molecule has 2 rings (SSSR count). The van der Waals surface area contributed by atoms with E-state index >= 15 is 0 Å². The minimum Gasteiger partial charge on any atom is -0.364 e. The number of nitrogens with one attached hydrogen (secondary N) is 1. The quantitative estimate of drug-likeness (QED) is 0.755. The minimum atomic E-state index is -4.10. The summed E-state index contributed by atoms with van der Waals surface area (Å²) < 4.78 is 27.9. The zero-order valence-corrected chi connectivity index (χ0v) is 15.5. The van der Waals surface area contributed by atoms with Gasteiger partial charge in [-0.05, 0) is 29.5 Å². The second-order valence-corrected chi connectivity index (χ2v) is 8.26. The number of aromatic nitrogens is 1. The zero-order chi connectivity index (χ0) is 18.6. The van der Waals surface area contributed by atoms with E-state index in [2.05, 4.69) is 6.92 Å². The Hall–Kier alpha value is -2.26. The van der Waals surface area contributed by atoms with Crippen molar-refractivity contribution >= 4 is 33.6 Å². The standard InChI is InChI=1S/C16H19N3O4S2/c1-3-24-10-11-4-6-12(7-5-11)16(21)18-25(22,23)13-8-14(15(17)20)19(2)9-13/h4-9H,3,10H2,1-2H3,(H2,17,20)(H,18,21). The van der Waals surface area contributed by atoms with Gasteiger partial charge in [0.1, 0.15) is 10.6 Å². The van der Waals surface area contributed by atoms with Gasteiger partial charge in [-0.2, -0.15) is 11.8 Å². The Bertz CT molecular complexity index is 887. The van der Waals surface area contributed by atoms with Crippen LogP contribution in [0.5, 0.6) is 0 Å². The first-order valence-corrected chi connectivity index (χ1v) is 10.1. The van der Waals surface area contributed by atoms with Crippen molar-refractivity contribution < 1.29 is 18.0 Å². The lowest BCUT2D eigenvalue weighted by molar-refractivity contribution is 0.0977. The summed E-state index contributed by atoms with van der Waals surface area (Å²) >= 11 is 1.75. The first-order chi connectivity index (χ1) is 11.7. The number of thioether (sulfide) groups is 1. The van der Waals surface area contributed by atoms with Crippen LogP contribution in [0.1, 0.15) is 33.3 Å². The van der Waals surface area contributed by atoms with E-state index < -0.39 is 21.8 Å². The van der Waals surface area contributed by atoms with Gasteiger partial charge in [0, 0.05) is 24.6 Å². The van der Waals surface area contributed by atoms with Crippen LogP contribution >= 0.6 is 11.8 Å². The number of hydrogen-bond acceptors (Lipinski definition) is 5. The summed E-state index contributed by atoms with van der Waals surface area (Å²) in [6.07, 6.45) is 1.22. The van der Waals surface area contributed by atoms with E-state index in [0.29, 0.717) is 0 Å². The fourth-order valence-electron chi connectivity index (χ4n) is 2.14. The Morgan fingerprint density at radius 3 is 2.40 bits per heavy atom. The van der Waals surface area contributed by atoms with Crippen LogP contribution < -0.4 is 10.5 Å². The Morgan fingerprint density at radius 2 is 1.88 bits per heavy atom. The molecule has 9 heteroatoms. The van der Waals surface area contributed by atoms with Gasteiger partial charge in [0.2, 0.25) is 0 Å². The molecule has 0 aliphatic carbocycles. The van der Waals surface area contributed by atoms with Gasteiger partial charge in [-0.3, -0.25) is 9.59 Å². The third-order valence-electron chi connectivity index (χ3n) is 3.46. The number of benzene rings is 1. The molecule has 3 N–H and O–H groups in total. The fourth-order valence-corrected chi connectivity index (χ4v) is 3.81. The van der Waals surface area contributed by atoms with Crippen molar-refractivity contribution in [3.63, 3.8) is 0 Å². The van der Waals surface area contributed by atoms with Crippen LogP contribution in [0.15, 0.2) is 41.4 Å². The number of nitrogens with zero attached hydrogens (tertiary/aromatic N) is 1. The maximum atomic E-state index is 12.3. The van der Waals surface area contributed by atoms with Crippen molar-refractivity contribution in [2.24, 2.45) is 12.8 Å². The largest absolute Gasteiger partial charge is 0.364 e. The Morgan fingerprint density at radius 1 is 1.24 bits per heavy atom. The van der Waals surface area contributed by atoms with Crippen molar-refractivity contribution in [1.29, 1.82) is 0 Å². The van der Waals surface area contributed by atoms with E-state index in [9.17, 15) is 18.0 Å². The SMILES string of the molecule is CCSCc1ccc(C(=O)NS(=O)(=O)c2cc(C(N)=O)n(C)c2)cc1. The molecule has 1 heterocycles. The molecule has 0 bridgehead atoms. The van der Waals surface area contributed by atoms with Gasteiger partial charge in [-0.25, -0.2) is 13.1 Å². The average Bonchev–Trinajstić information content (AvgIpc) is 2.96. The number of sulfonamides is 1. The van der Waals surface area contributed by atoms with Gasteiger partial charge < -0.3 is 10.3 Å².